The van der Waals surface area contributed by atoms with E-state index in [0.29, 0.717) is 19.3 Å². The largest absolute Gasteiger partial charge is 0.481 e. The summed E-state index contributed by atoms with van der Waals surface area (Å²) in [6.45, 7) is 2.17. The Hall–Kier alpha value is -1.94. The van der Waals surface area contributed by atoms with Crippen LogP contribution in [0.2, 0.25) is 0 Å². The lowest BCUT2D eigenvalue weighted by Gasteiger charge is -2.02. The quantitative estimate of drug-likeness (QED) is 0.214. The van der Waals surface area contributed by atoms with Gasteiger partial charge in [0.25, 0.3) is 0 Å². The topological polar surface area (TPSA) is 74.6 Å². The van der Waals surface area contributed by atoms with Crippen LogP contribution in [0.4, 0.5) is 0 Å². The Balaban J connectivity index is 3.83. The van der Waals surface area contributed by atoms with Crippen molar-refractivity contribution in [2.24, 2.45) is 0 Å². The van der Waals surface area contributed by atoms with Crippen LogP contribution in [0.15, 0.2) is 48.6 Å². The van der Waals surface area contributed by atoms with E-state index in [9.17, 15) is 14.7 Å². The second-order valence-electron chi connectivity index (χ2n) is 5.62. The van der Waals surface area contributed by atoms with Gasteiger partial charge in [0.2, 0.25) is 0 Å². The number of hydrogen-bond donors (Lipinski definition) is 2. The lowest BCUT2D eigenvalue weighted by molar-refractivity contribution is -0.137. The van der Waals surface area contributed by atoms with Crippen molar-refractivity contribution >= 4 is 11.8 Å². The van der Waals surface area contributed by atoms with Gasteiger partial charge in [-0.1, -0.05) is 62.3 Å². The van der Waals surface area contributed by atoms with E-state index in [1.165, 1.54) is 25.3 Å². The summed E-state index contributed by atoms with van der Waals surface area (Å²) in [6, 6.07) is 0. The number of rotatable bonds is 14. The molecule has 2 N–H and O–H groups in total. The number of carboxylic acids is 1. The van der Waals surface area contributed by atoms with Crippen molar-refractivity contribution in [3.63, 3.8) is 0 Å². The highest BCUT2D eigenvalue weighted by atomic mass is 16.4. The summed E-state index contributed by atoms with van der Waals surface area (Å²) in [5.41, 5.74) is 0. The van der Waals surface area contributed by atoms with Gasteiger partial charge in [0, 0.05) is 12.8 Å². The van der Waals surface area contributed by atoms with Crippen LogP contribution in [0.5, 0.6) is 0 Å². The summed E-state index contributed by atoms with van der Waals surface area (Å²) in [4.78, 5) is 21.9. The Bertz CT molecular complexity index is 458. The molecule has 0 aliphatic carbocycles. The first-order valence-electron chi connectivity index (χ1n) is 8.65. The van der Waals surface area contributed by atoms with Gasteiger partial charge in [-0.3, -0.25) is 9.59 Å². The maximum atomic E-state index is 11.6. The molecule has 0 saturated carbocycles. The van der Waals surface area contributed by atoms with E-state index in [1.807, 2.05) is 6.08 Å². The third kappa shape index (κ3) is 16.4. The van der Waals surface area contributed by atoms with E-state index >= 15 is 0 Å². The highest BCUT2D eigenvalue weighted by Gasteiger charge is 2.01. The van der Waals surface area contributed by atoms with Gasteiger partial charge in [-0.15, -0.1) is 0 Å². The molecule has 24 heavy (non-hydrogen) atoms. The standard InChI is InChI=1S/C20H30O4/c1-2-3-4-5-6-9-13-18(21)14-10-7-8-11-15-19(22)16-12-17-20(23)24/h6-11,14-15,19,22H,2-5,12-13,16-17H2,1H3,(H,23,24)/b8-7+,9-6-,14-10+,15-11+/t19-/m1/s1. The van der Waals surface area contributed by atoms with E-state index < -0.39 is 12.1 Å². The fraction of sp³-hybridized carbons (Fsp3) is 0.500. The van der Waals surface area contributed by atoms with Gasteiger partial charge in [-0.25, -0.2) is 0 Å². The van der Waals surface area contributed by atoms with Crippen LogP contribution in [0.3, 0.4) is 0 Å². The van der Waals surface area contributed by atoms with Crippen molar-refractivity contribution in [3.8, 4) is 0 Å². The van der Waals surface area contributed by atoms with Crippen LogP contribution in [0, 0.1) is 0 Å². The van der Waals surface area contributed by atoms with E-state index in [0.717, 1.165) is 6.42 Å². The van der Waals surface area contributed by atoms with Crippen LogP contribution in [0.1, 0.15) is 58.3 Å². The van der Waals surface area contributed by atoms with Gasteiger partial charge >= 0.3 is 5.97 Å². The molecule has 0 saturated heterocycles. The zero-order valence-corrected chi connectivity index (χ0v) is 14.6. The van der Waals surface area contributed by atoms with E-state index in [1.54, 1.807) is 30.4 Å². The number of carbonyl (C=O) groups excluding carboxylic acids is 1. The van der Waals surface area contributed by atoms with Crippen molar-refractivity contribution < 1.29 is 19.8 Å². The first-order valence-corrected chi connectivity index (χ1v) is 8.65. The van der Waals surface area contributed by atoms with Gasteiger partial charge in [-0.05, 0) is 31.8 Å². The number of aliphatic hydroxyl groups excluding tert-OH is 1. The lowest BCUT2D eigenvalue weighted by Crippen LogP contribution is -2.03. The van der Waals surface area contributed by atoms with E-state index in [-0.39, 0.29) is 12.2 Å². The Kier molecular flexibility index (Phi) is 14.6. The van der Waals surface area contributed by atoms with Gasteiger partial charge in [0.15, 0.2) is 5.78 Å². The van der Waals surface area contributed by atoms with Crippen LogP contribution in [-0.2, 0) is 9.59 Å². The molecule has 0 fully saturated rings. The van der Waals surface area contributed by atoms with E-state index in [4.69, 9.17) is 5.11 Å². The molecule has 0 aliphatic heterocycles. The molecule has 0 aromatic carbocycles. The lowest BCUT2D eigenvalue weighted by atomic mass is 10.1. The monoisotopic (exact) mass is 334 g/mol. The average Bonchev–Trinajstić information content (AvgIpc) is 2.53. The number of carbonyl (C=O) groups is 2. The predicted octanol–water partition coefficient (Wildman–Crippen LogP) is 4.37. The van der Waals surface area contributed by atoms with Gasteiger partial charge in [0.1, 0.15) is 0 Å². The summed E-state index contributed by atoms with van der Waals surface area (Å²) in [6.07, 6.45) is 19.3. The summed E-state index contributed by atoms with van der Waals surface area (Å²) < 4.78 is 0. The Morgan fingerprint density at radius 3 is 2.46 bits per heavy atom. The van der Waals surface area contributed by atoms with Crippen LogP contribution >= 0.6 is 0 Å². The summed E-state index contributed by atoms with van der Waals surface area (Å²) in [7, 11) is 0. The van der Waals surface area contributed by atoms with Crippen LogP contribution < -0.4 is 0 Å². The fourth-order valence-electron chi connectivity index (χ4n) is 1.94. The maximum Gasteiger partial charge on any atom is 0.303 e. The number of ketones is 1. The number of allylic oxidation sites excluding steroid dienone is 7. The molecule has 4 heteroatoms. The second kappa shape index (κ2) is 15.9. The Labute approximate surface area is 145 Å². The molecule has 0 radical (unpaired) electrons. The third-order valence-electron chi connectivity index (χ3n) is 3.30. The predicted molar refractivity (Wildman–Crippen MR) is 97.8 cm³/mol. The fourth-order valence-corrected chi connectivity index (χ4v) is 1.94. The number of carboxylic acid groups (broad SMARTS) is 1. The minimum Gasteiger partial charge on any atom is -0.481 e. The number of aliphatic carboxylic acids is 1. The molecule has 0 spiro atoms. The summed E-state index contributed by atoms with van der Waals surface area (Å²) in [5, 5.41) is 18.1. The molecule has 134 valence electrons. The minimum atomic E-state index is -0.850. The Morgan fingerprint density at radius 1 is 1.00 bits per heavy atom. The van der Waals surface area contributed by atoms with E-state index in [2.05, 4.69) is 13.0 Å². The minimum absolute atomic E-state index is 0.0593. The highest BCUT2D eigenvalue weighted by molar-refractivity contribution is 5.90. The third-order valence-corrected chi connectivity index (χ3v) is 3.30. The first kappa shape index (κ1) is 22.1. The smallest absolute Gasteiger partial charge is 0.303 e. The van der Waals surface area contributed by atoms with Gasteiger partial charge in [0.05, 0.1) is 6.10 Å². The number of aliphatic hydroxyl groups is 1. The molecular weight excluding hydrogens is 304 g/mol. The molecule has 0 heterocycles. The van der Waals surface area contributed by atoms with Crippen molar-refractivity contribution in [1.29, 1.82) is 0 Å². The summed E-state index contributed by atoms with van der Waals surface area (Å²) >= 11 is 0. The average molecular weight is 334 g/mol. The van der Waals surface area contributed by atoms with Crippen molar-refractivity contribution in [1.82, 2.24) is 0 Å². The molecule has 0 aliphatic rings. The Morgan fingerprint density at radius 2 is 1.75 bits per heavy atom. The van der Waals surface area contributed by atoms with Crippen molar-refractivity contribution in [2.75, 3.05) is 0 Å². The number of hydrogen-bond acceptors (Lipinski definition) is 3. The first-order chi connectivity index (χ1) is 11.6. The van der Waals surface area contributed by atoms with Gasteiger partial charge < -0.3 is 10.2 Å². The molecule has 1 atom stereocenters. The van der Waals surface area contributed by atoms with Crippen molar-refractivity contribution in [3.05, 3.63) is 48.6 Å². The molecule has 4 nitrogen and oxygen atoms in total. The molecule has 0 amide bonds. The highest BCUT2D eigenvalue weighted by Crippen LogP contribution is 2.02. The zero-order valence-electron chi connectivity index (χ0n) is 14.6. The zero-order chi connectivity index (χ0) is 18.0. The van der Waals surface area contributed by atoms with Crippen molar-refractivity contribution in [2.45, 2.75) is 64.4 Å². The van der Waals surface area contributed by atoms with Gasteiger partial charge in [-0.2, -0.15) is 0 Å². The molecular formula is C20H30O4. The van der Waals surface area contributed by atoms with Crippen LogP contribution in [-0.4, -0.2) is 28.1 Å². The molecule has 0 aromatic rings. The SMILES string of the molecule is CCCCC/C=C\CC(=O)/C=C/C=C/C=C/[C@@H](O)CCCC(=O)O. The maximum absolute atomic E-state index is 11.6. The normalized spacial score (nSPS) is 13.6. The second-order valence-corrected chi connectivity index (χ2v) is 5.62. The molecule has 0 unspecified atom stereocenters. The molecule has 0 rings (SSSR count). The summed E-state index contributed by atoms with van der Waals surface area (Å²) in [5.74, 6) is -0.791. The number of unbranched alkanes of at least 4 members (excludes halogenated alkanes) is 3. The molecule has 0 aromatic heterocycles. The molecule has 0 bridgehead atoms. The van der Waals surface area contributed by atoms with Crippen LogP contribution in [0.25, 0.3) is 0 Å².